The Hall–Kier alpha value is -2.04. The summed E-state index contributed by atoms with van der Waals surface area (Å²) >= 11 is 0. The molecule has 1 rings (SSSR count). The zero-order chi connectivity index (χ0) is 13.7. The Kier molecular flexibility index (Phi) is 4.71. The summed E-state index contributed by atoms with van der Waals surface area (Å²) in [6.45, 7) is 3.77. The molecular weight excluding hydrogens is 234 g/mol. The fourth-order valence-corrected chi connectivity index (χ4v) is 1.58. The number of amides is 1. The maximum absolute atomic E-state index is 11.8. The van der Waals surface area contributed by atoms with Gasteiger partial charge in [0.1, 0.15) is 11.8 Å². The van der Waals surface area contributed by atoms with E-state index >= 15 is 0 Å². The molecule has 0 spiro atoms. The summed E-state index contributed by atoms with van der Waals surface area (Å²) in [5, 5.41) is 20.7. The molecular formula is C13H17NO4. The van der Waals surface area contributed by atoms with E-state index in [2.05, 4.69) is 5.32 Å². The zero-order valence-corrected chi connectivity index (χ0v) is 10.4. The molecule has 18 heavy (non-hydrogen) atoms. The molecule has 98 valence electrons. The smallest absolute Gasteiger partial charge is 0.326 e. The summed E-state index contributed by atoms with van der Waals surface area (Å²) in [7, 11) is 0. The van der Waals surface area contributed by atoms with Crippen LogP contribution in [-0.2, 0) is 4.79 Å². The number of phenols is 1. The number of aromatic hydroxyl groups is 1. The fraction of sp³-hybridized carbons (Fsp3) is 0.385. The highest BCUT2D eigenvalue weighted by Crippen LogP contribution is 2.12. The predicted octanol–water partition coefficient (Wildman–Crippen LogP) is 1.62. The minimum Gasteiger partial charge on any atom is -0.508 e. The SMILES string of the molecule is CC(C)C[C@@H](NC(=O)c1cccc(O)c1)C(=O)O. The van der Waals surface area contributed by atoms with Gasteiger partial charge in [-0.05, 0) is 30.5 Å². The van der Waals surface area contributed by atoms with Crippen LogP contribution < -0.4 is 5.32 Å². The van der Waals surface area contributed by atoms with E-state index in [0.717, 1.165) is 0 Å². The van der Waals surface area contributed by atoms with Crippen molar-refractivity contribution < 1.29 is 19.8 Å². The van der Waals surface area contributed by atoms with Gasteiger partial charge in [0.2, 0.25) is 0 Å². The van der Waals surface area contributed by atoms with Crippen LogP contribution in [0, 0.1) is 5.92 Å². The summed E-state index contributed by atoms with van der Waals surface area (Å²) in [5.74, 6) is -1.43. The maximum atomic E-state index is 11.8. The molecule has 0 aliphatic carbocycles. The Morgan fingerprint density at radius 3 is 2.50 bits per heavy atom. The van der Waals surface area contributed by atoms with E-state index in [1.54, 1.807) is 0 Å². The Morgan fingerprint density at radius 2 is 2.00 bits per heavy atom. The normalized spacial score (nSPS) is 12.2. The lowest BCUT2D eigenvalue weighted by molar-refractivity contribution is -0.139. The van der Waals surface area contributed by atoms with E-state index in [-0.39, 0.29) is 17.2 Å². The molecule has 0 aliphatic heterocycles. The molecule has 5 heteroatoms. The lowest BCUT2D eigenvalue weighted by Gasteiger charge is -2.16. The third-order valence-electron chi connectivity index (χ3n) is 2.42. The minimum absolute atomic E-state index is 0.0293. The first kappa shape index (κ1) is 14.0. The average Bonchev–Trinajstić information content (AvgIpc) is 2.27. The molecule has 0 bridgehead atoms. The number of hydrogen-bond acceptors (Lipinski definition) is 3. The lowest BCUT2D eigenvalue weighted by Crippen LogP contribution is -2.41. The number of carbonyl (C=O) groups excluding carboxylic acids is 1. The van der Waals surface area contributed by atoms with Crippen LogP contribution in [0.1, 0.15) is 30.6 Å². The molecule has 0 saturated carbocycles. The quantitative estimate of drug-likeness (QED) is 0.742. The molecule has 3 N–H and O–H groups in total. The molecule has 0 aromatic heterocycles. The number of rotatable bonds is 5. The summed E-state index contributed by atoms with van der Waals surface area (Å²) < 4.78 is 0. The van der Waals surface area contributed by atoms with Gasteiger partial charge in [0.25, 0.3) is 5.91 Å². The zero-order valence-electron chi connectivity index (χ0n) is 10.4. The van der Waals surface area contributed by atoms with Crippen LogP contribution in [0.25, 0.3) is 0 Å². The number of phenolic OH excluding ortho intramolecular Hbond substituents is 1. The molecule has 0 radical (unpaired) electrons. The first-order valence-electron chi connectivity index (χ1n) is 5.73. The average molecular weight is 251 g/mol. The Morgan fingerprint density at radius 1 is 1.33 bits per heavy atom. The molecule has 0 heterocycles. The van der Waals surface area contributed by atoms with E-state index in [1.807, 2.05) is 13.8 Å². The third-order valence-corrected chi connectivity index (χ3v) is 2.42. The van der Waals surface area contributed by atoms with Gasteiger partial charge < -0.3 is 15.5 Å². The standard InChI is InChI=1S/C13H17NO4/c1-8(2)6-11(13(17)18)14-12(16)9-4-3-5-10(15)7-9/h3-5,7-8,11,15H,6H2,1-2H3,(H,14,16)(H,17,18)/t11-/m1/s1. The van der Waals surface area contributed by atoms with Gasteiger partial charge in [0.15, 0.2) is 0 Å². The van der Waals surface area contributed by atoms with Crippen LogP contribution in [0.5, 0.6) is 5.75 Å². The van der Waals surface area contributed by atoms with Crippen LogP contribution in [0.4, 0.5) is 0 Å². The van der Waals surface area contributed by atoms with E-state index < -0.39 is 17.9 Å². The summed E-state index contributed by atoms with van der Waals surface area (Å²) in [4.78, 5) is 22.8. The number of carboxylic acids is 1. The predicted molar refractivity (Wildman–Crippen MR) is 66.5 cm³/mol. The molecule has 0 unspecified atom stereocenters. The first-order chi connectivity index (χ1) is 8.40. The van der Waals surface area contributed by atoms with Crippen molar-refractivity contribution in [3.63, 3.8) is 0 Å². The molecule has 0 saturated heterocycles. The van der Waals surface area contributed by atoms with Gasteiger partial charge in [-0.1, -0.05) is 19.9 Å². The van der Waals surface area contributed by atoms with Crippen molar-refractivity contribution in [2.24, 2.45) is 5.92 Å². The Bertz CT molecular complexity index is 442. The van der Waals surface area contributed by atoms with Gasteiger partial charge in [-0.25, -0.2) is 4.79 Å². The lowest BCUT2D eigenvalue weighted by atomic mass is 10.0. The molecule has 0 fully saturated rings. The van der Waals surface area contributed by atoms with Crippen molar-refractivity contribution in [1.29, 1.82) is 0 Å². The van der Waals surface area contributed by atoms with Crippen LogP contribution in [0.2, 0.25) is 0 Å². The van der Waals surface area contributed by atoms with Crippen molar-refractivity contribution in [1.82, 2.24) is 5.32 Å². The number of nitrogens with one attached hydrogen (secondary N) is 1. The molecule has 0 aliphatic rings. The molecule has 1 aromatic carbocycles. The largest absolute Gasteiger partial charge is 0.508 e. The van der Waals surface area contributed by atoms with Crippen LogP contribution in [0.3, 0.4) is 0 Å². The summed E-state index contributed by atoms with van der Waals surface area (Å²) in [6, 6.07) is 4.87. The first-order valence-corrected chi connectivity index (χ1v) is 5.73. The van der Waals surface area contributed by atoms with Gasteiger partial charge in [0, 0.05) is 5.56 Å². The number of carbonyl (C=O) groups is 2. The van der Waals surface area contributed by atoms with Crippen molar-refractivity contribution in [2.75, 3.05) is 0 Å². The Labute approximate surface area is 105 Å². The number of hydrogen-bond donors (Lipinski definition) is 3. The van der Waals surface area contributed by atoms with Crippen LogP contribution >= 0.6 is 0 Å². The van der Waals surface area contributed by atoms with Crippen LogP contribution in [0.15, 0.2) is 24.3 Å². The maximum Gasteiger partial charge on any atom is 0.326 e. The molecule has 1 aromatic rings. The van der Waals surface area contributed by atoms with E-state index in [4.69, 9.17) is 5.11 Å². The molecule has 1 amide bonds. The summed E-state index contributed by atoms with van der Waals surface area (Å²) in [5.41, 5.74) is 0.241. The van der Waals surface area contributed by atoms with Crippen molar-refractivity contribution in [2.45, 2.75) is 26.3 Å². The van der Waals surface area contributed by atoms with E-state index in [9.17, 15) is 14.7 Å². The highest BCUT2D eigenvalue weighted by atomic mass is 16.4. The number of aliphatic carboxylic acids is 1. The topological polar surface area (TPSA) is 86.6 Å². The second-order valence-corrected chi connectivity index (χ2v) is 4.54. The Balaban J connectivity index is 2.75. The monoisotopic (exact) mass is 251 g/mol. The molecule has 5 nitrogen and oxygen atoms in total. The minimum atomic E-state index is -1.06. The molecule has 1 atom stereocenters. The second-order valence-electron chi connectivity index (χ2n) is 4.54. The van der Waals surface area contributed by atoms with Gasteiger partial charge in [-0.2, -0.15) is 0 Å². The van der Waals surface area contributed by atoms with Gasteiger partial charge >= 0.3 is 5.97 Å². The van der Waals surface area contributed by atoms with Crippen LogP contribution in [-0.4, -0.2) is 28.1 Å². The summed E-state index contributed by atoms with van der Waals surface area (Å²) in [6.07, 6.45) is 0.361. The number of benzene rings is 1. The van der Waals surface area contributed by atoms with Crippen molar-refractivity contribution in [3.05, 3.63) is 29.8 Å². The van der Waals surface area contributed by atoms with Gasteiger partial charge in [-0.15, -0.1) is 0 Å². The van der Waals surface area contributed by atoms with E-state index in [0.29, 0.717) is 6.42 Å². The number of carboxylic acid groups (broad SMARTS) is 1. The third kappa shape index (κ3) is 4.08. The highest BCUT2D eigenvalue weighted by molar-refractivity contribution is 5.96. The van der Waals surface area contributed by atoms with Crippen molar-refractivity contribution >= 4 is 11.9 Å². The van der Waals surface area contributed by atoms with Gasteiger partial charge in [0.05, 0.1) is 0 Å². The highest BCUT2D eigenvalue weighted by Gasteiger charge is 2.21. The fourth-order valence-electron chi connectivity index (χ4n) is 1.58. The second kappa shape index (κ2) is 6.05. The van der Waals surface area contributed by atoms with Crippen molar-refractivity contribution in [3.8, 4) is 5.75 Å². The van der Waals surface area contributed by atoms with Gasteiger partial charge in [-0.3, -0.25) is 4.79 Å². The van der Waals surface area contributed by atoms with E-state index in [1.165, 1.54) is 24.3 Å².